The van der Waals surface area contributed by atoms with Crippen LogP contribution in [0.4, 0.5) is 0 Å². The molecule has 3 heteroatoms. The van der Waals surface area contributed by atoms with Crippen LogP contribution in [0.15, 0.2) is 60.7 Å². The van der Waals surface area contributed by atoms with E-state index in [1.165, 1.54) is 0 Å². The highest BCUT2D eigenvalue weighted by molar-refractivity contribution is 5.86. The van der Waals surface area contributed by atoms with Crippen LogP contribution in [0.25, 0.3) is 0 Å². The third kappa shape index (κ3) is 4.93. The van der Waals surface area contributed by atoms with E-state index in [1.54, 1.807) is 0 Å². The lowest BCUT2D eigenvalue weighted by Crippen LogP contribution is -2.34. The molecule has 2 atom stereocenters. The largest absolute Gasteiger partial charge is 0.321 e. The molecule has 0 aliphatic heterocycles. The van der Waals surface area contributed by atoms with Crippen LogP contribution in [0, 0.1) is 5.92 Å². The number of rotatable bonds is 8. The lowest BCUT2D eigenvalue weighted by Gasteiger charge is -2.14. The minimum Gasteiger partial charge on any atom is -0.321 e. The zero-order valence-electron chi connectivity index (χ0n) is 12.5. The standard InChI is InChI=1S/C19H21NO2/c20-18(12-16-9-5-2-6-10-16)19(22)13-17(14-21)11-15-7-3-1-4-8-15/h1-10,14,17-18H,11-13,20H2. The maximum Gasteiger partial charge on any atom is 0.150 e. The summed E-state index contributed by atoms with van der Waals surface area (Å²) >= 11 is 0. The van der Waals surface area contributed by atoms with Crippen molar-refractivity contribution in [3.05, 3.63) is 71.8 Å². The van der Waals surface area contributed by atoms with Gasteiger partial charge in [-0.25, -0.2) is 0 Å². The Morgan fingerprint density at radius 3 is 1.91 bits per heavy atom. The molecule has 0 saturated heterocycles. The Morgan fingerprint density at radius 2 is 1.41 bits per heavy atom. The number of benzene rings is 2. The number of nitrogens with two attached hydrogens (primary N) is 1. The minimum absolute atomic E-state index is 0.0584. The normalized spacial score (nSPS) is 13.3. The summed E-state index contributed by atoms with van der Waals surface area (Å²) in [7, 11) is 0. The number of hydrogen-bond acceptors (Lipinski definition) is 3. The molecule has 0 radical (unpaired) electrons. The lowest BCUT2D eigenvalue weighted by molar-refractivity contribution is -0.123. The van der Waals surface area contributed by atoms with Crippen LogP contribution in [0.3, 0.4) is 0 Å². The van der Waals surface area contributed by atoms with Gasteiger partial charge < -0.3 is 10.5 Å². The molecule has 114 valence electrons. The first-order valence-corrected chi connectivity index (χ1v) is 7.50. The first-order chi connectivity index (χ1) is 10.7. The average Bonchev–Trinajstić information content (AvgIpc) is 2.56. The van der Waals surface area contributed by atoms with E-state index in [2.05, 4.69) is 0 Å². The van der Waals surface area contributed by atoms with Crippen molar-refractivity contribution in [1.82, 2.24) is 0 Å². The Kier molecular flexibility index (Phi) is 6.04. The highest BCUT2D eigenvalue weighted by Crippen LogP contribution is 2.13. The number of hydrogen-bond donors (Lipinski definition) is 1. The van der Waals surface area contributed by atoms with Gasteiger partial charge >= 0.3 is 0 Å². The zero-order chi connectivity index (χ0) is 15.8. The van der Waals surface area contributed by atoms with E-state index in [4.69, 9.17) is 5.73 Å². The molecule has 0 aliphatic rings. The van der Waals surface area contributed by atoms with Crippen molar-refractivity contribution < 1.29 is 9.59 Å². The van der Waals surface area contributed by atoms with Gasteiger partial charge in [0.05, 0.1) is 6.04 Å². The van der Waals surface area contributed by atoms with Crippen LogP contribution in [0.5, 0.6) is 0 Å². The second kappa shape index (κ2) is 8.25. The summed E-state index contributed by atoms with van der Waals surface area (Å²) < 4.78 is 0. The predicted molar refractivity (Wildman–Crippen MR) is 87.4 cm³/mol. The molecule has 22 heavy (non-hydrogen) atoms. The van der Waals surface area contributed by atoms with Gasteiger partial charge in [0.25, 0.3) is 0 Å². The molecule has 0 heterocycles. The third-order valence-electron chi connectivity index (χ3n) is 3.71. The molecule has 0 aromatic heterocycles. The zero-order valence-corrected chi connectivity index (χ0v) is 12.5. The first kappa shape index (κ1) is 16.1. The number of carbonyl (C=O) groups excluding carboxylic acids is 2. The first-order valence-electron chi connectivity index (χ1n) is 7.50. The van der Waals surface area contributed by atoms with Gasteiger partial charge in [-0.05, 0) is 24.0 Å². The third-order valence-corrected chi connectivity index (χ3v) is 3.71. The summed E-state index contributed by atoms with van der Waals surface area (Å²) in [6.07, 6.45) is 2.15. The van der Waals surface area contributed by atoms with Crippen molar-refractivity contribution >= 4 is 12.1 Å². The molecule has 0 aliphatic carbocycles. The summed E-state index contributed by atoms with van der Waals surface area (Å²) in [4.78, 5) is 23.5. The Labute approximate surface area is 131 Å². The summed E-state index contributed by atoms with van der Waals surface area (Å²) in [5.74, 6) is -0.367. The highest BCUT2D eigenvalue weighted by atomic mass is 16.1. The van der Waals surface area contributed by atoms with Crippen molar-refractivity contribution in [2.45, 2.75) is 25.3 Å². The fraction of sp³-hybridized carbons (Fsp3) is 0.263. The summed E-state index contributed by atoms with van der Waals surface area (Å²) in [6.45, 7) is 0. The van der Waals surface area contributed by atoms with E-state index < -0.39 is 6.04 Å². The van der Waals surface area contributed by atoms with Crippen molar-refractivity contribution in [2.24, 2.45) is 11.7 Å². The monoisotopic (exact) mass is 295 g/mol. The Balaban J connectivity index is 1.90. The molecule has 2 rings (SSSR count). The van der Waals surface area contributed by atoms with Crippen LogP contribution in [-0.4, -0.2) is 18.1 Å². The molecule has 0 spiro atoms. The maximum absolute atomic E-state index is 12.2. The van der Waals surface area contributed by atoms with Crippen LogP contribution >= 0.6 is 0 Å². The van der Waals surface area contributed by atoms with Gasteiger partial charge in [-0.1, -0.05) is 60.7 Å². The number of Topliss-reactive ketones (excluding diaryl/α,β-unsaturated/α-hetero) is 1. The van der Waals surface area contributed by atoms with E-state index in [1.807, 2.05) is 60.7 Å². The van der Waals surface area contributed by atoms with Crippen LogP contribution < -0.4 is 5.73 Å². The van der Waals surface area contributed by atoms with Gasteiger partial charge in [-0.2, -0.15) is 0 Å². The summed E-state index contributed by atoms with van der Waals surface area (Å²) in [6, 6.07) is 18.9. The van der Waals surface area contributed by atoms with Gasteiger partial charge in [0, 0.05) is 12.3 Å². The predicted octanol–water partition coefficient (Wildman–Crippen LogP) is 2.57. The highest BCUT2D eigenvalue weighted by Gasteiger charge is 2.19. The Bertz CT molecular complexity index is 595. The van der Waals surface area contributed by atoms with E-state index in [0.29, 0.717) is 12.8 Å². The van der Waals surface area contributed by atoms with E-state index in [0.717, 1.165) is 17.4 Å². The molecule has 3 nitrogen and oxygen atoms in total. The molecule has 0 fully saturated rings. The summed E-state index contributed by atoms with van der Waals surface area (Å²) in [5, 5.41) is 0. The molecule has 2 unspecified atom stereocenters. The SMILES string of the molecule is NC(Cc1ccccc1)C(=O)CC(C=O)Cc1ccccc1. The average molecular weight is 295 g/mol. The van der Waals surface area contributed by atoms with E-state index in [9.17, 15) is 9.59 Å². The second-order valence-corrected chi connectivity index (χ2v) is 5.55. The molecule has 2 aromatic carbocycles. The van der Waals surface area contributed by atoms with Crippen molar-refractivity contribution in [3.63, 3.8) is 0 Å². The van der Waals surface area contributed by atoms with Crippen LogP contribution in [0.2, 0.25) is 0 Å². The van der Waals surface area contributed by atoms with Gasteiger partial charge in [-0.3, -0.25) is 4.79 Å². The molecule has 0 saturated carbocycles. The molecule has 2 aromatic rings. The maximum atomic E-state index is 12.2. The van der Waals surface area contributed by atoms with Gasteiger partial charge in [0.2, 0.25) is 0 Å². The molecule has 0 amide bonds. The van der Waals surface area contributed by atoms with Gasteiger partial charge in [0.1, 0.15) is 6.29 Å². The number of ketones is 1. The second-order valence-electron chi connectivity index (χ2n) is 5.55. The van der Waals surface area contributed by atoms with E-state index >= 15 is 0 Å². The van der Waals surface area contributed by atoms with Crippen molar-refractivity contribution in [2.75, 3.05) is 0 Å². The number of carbonyl (C=O) groups is 2. The number of aldehydes is 1. The van der Waals surface area contributed by atoms with Crippen molar-refractivity contribution in [3.8, 4) is 0 Å². The van der Waals surface area contributed by atoms with Crippen LogP contribution in [-0.2, 0) is 22.4 Å². The molecule has 2 N–H and O–H groups in total. The minimum atomic E-state index is -0.555. The summed E-state index contributed by atoms with van der Waals surface area (Å²) in [5.41, 5.74) is 8.08. The van der Waals surface area contributed by atoms with Gasteiger partial charge in [0.15, 0.2) is 5.78 Å². The smallest absolute Gasteiger partial charge is 0.150 e. The Hall–Kier alpha value is -2.26. The van der Waals surface area contributed by atoms with Crippen molar-refractivity contribution in [1.29, 1.82) is 0 Å². The topological polar surface area (TPSA) is 60.2 Å². The van der Waals surface area contributed by atoms with E-state index in [-0.39, 0.29) is 18.1 Å². The fourth-order valence-electron chi connectivity index (χ4n) is 2.48. The van der Waals surface area contributed by atoms with Gasteiger partial charge in [-0.15, -0.1) is 0 Å². The Morgan fingerprint density at radius 1 is 0.909 bits per heavy atom. The fourth-order valence-corrected chi connectivity index (χ4v) is 2.48. The molecular formula is C19H21NO2. The molecule has 0 bridgehead atoms. The van der Waals surface area contributed by atoms with Crippen LogP contribution in [0.1, 0.15) is 17.5 Å². The quantitative estimate of drug-likeness (QED) is 0.761. The molecular weight excluding hydrogens is 274 g/mol. The lowest BCUT2D eigenvalue weighted by atomic mass is 9.92.